The molecule has 0 spiro atoms. The molecule has 0 unspecified atom stereocenters. The van der Waals surface area contributed by atoms with Gasteiger partial charge in [-0.3, -0.25) is 0 Å². The molecule has 1 nitrogen and oxygen atoms in total. The number of benzene rings is 4. The third-order valence-electron chi connectivity index (χ3n) is 6.37. The van der Waals surface area contributed by atoms with E-state index in [-0.39, 0.29) is 0 Å². The number of hydrogen-bond donors (Lipinski definition) is 1. The van der Waals surface area contributed by atoms with Crippen molar-refractivity contribution in [1.82, 2.24) is 0 Å². The Bertz CT molecular complexity index is 1080. The third-order valence-corrected chi connectivity index (χ3v) is 15.7. The predicted molar refractivity (Wildman–Crippen MR) is 117 cm³/mol. The summed E-state index contributed by atoms with van der Waals surface area (Å²) in [7, 11) is -5.35. The molecule has 4 aromatic carbocycles. The SMILES string of the molecule is O[Si]12c3ccccc3[Si](c3ccccc3)(c3ccccc31)c1ccccc12. The van der Waals surface area contributed by atoms with Gasteiger partial charge in [0.15, 0.2) is 8.07 Å². The van der Waals surface area contributed by atoms with E-state index in [2.05, 4.69) is 103 Å². The summed E-state index contributed by atoms with van der Waals surface area (Å²) in [4.78, 5) is 12.3. The zero-order chi connectivity index (χ0) is 18.1. The summed E-state index contributed by atoms with van der Waals surface area (Å²) in [6.07, 6.45) is 0. The molecule has 27 heavy (non-hydrogen) atoms. The molecule has 0 radical (unpaired) electrons. The summed E-state index contributed by atoms with van der Waals surface area (Å²) in [5, 5.41) is 9.11. The molecule has 0 saturated heterocycles. The molecule has 0 aliphatic carbocycles. The Labute approximate surface area is 160 Å². The van der Waals surface area contributed by atoms with Crippen LogP contribution in [0.25, 0.3) is 0 Å². The van der Waals surface area contributed by atoms with Crippen molar-refractivity contribution < 1.29 is 4.80 Å². The van der Waals surface area contributed by atoms with Crippen molar-refractivity contribution in [3.63, 3.8) is 0 Å². The van der Waals surface area contributed by atoms with Gasteiger partial charge in [0.05, 0.1) is 0 Å². The molecule has 4 aromatic rings. The Kier molecular flexibility index (Phi) is 2.94. The highest BCUT2D eigenvalue weighted by molar-refractivity contribution is 7.33. The van der Waals surface area contributed by atoms with E-state index < -0.39 is 16.4 Å². The molecule has 0 aromatic heterocycles. The maximum absolute atomic E-state index is 12.3. The van der Waals surface area contributed by atoms with Crippen molar-refractivity contribution in [1.29, 1.82) is 0 Å². The van der Waals surface area contributed by atoms with E-state index in [1.807, 2.05) is 0 Å². The van der Waals surface area contributed by atoms with Gasteiger partial charge in [0.2, 0.25) is 0 Å². The average Bonchev–Trinajstić information content (AvgIpc) is 2.75. The second-order valence-electron chi connectivity index (χ2n) is 7.46. The van der Waals surface area contributed by atoms with Crippen LogP contribution >= 0.6 is 0 Å². The summed E-state index contributed by atoms with van der Waals surface area (Å²) in [6.45, 7) is 0. The van der Waals surface area contributed by atoms with Crippen LogP contribution in [0.1, 0.15) is 0 Å². The van der Waals surface area contributed by atoms with E-state index in [9.17, 15) is 4.80 Å². The molecule has 1 N–H and O–H groups in total. The topological polar surface area (TPSA) is 20.2 Å². The smallest absolute Gasteiger partial charge is 0.285 e. The first-order chi connectivity index (χ1) is 13.3. The van der Waals surface area contributed by atoms with Crippen LogP contribution in [0.4, 0.5) is 0 Å². The van der Waals surface area contributed by atoms with Gasteiger partial charge >= 0.3 is 0 Å². The first-order valence-corrected chi connectivity index (χ1v) is 13.3. The minimum Gasteiger partial charge on any atom is -0.421 e. The monoisotopic (exact) mass is 378 g/mol. The number of hydrogen-bond acceptors (Lipinski definition) is 1. The van der Waals surface area contributed by atoms with Crippen LogP contribution in [0.2, 0.25) is 0 Å². The molecule has 0 saturated carbocycles. The molecule has 128 valence electrons. The van der Waals surface area contributed by atoms with Gasteiger partial charge in [-0.15, -0.1) is 0 Å². The third kappa shape index (κ3) is 1.63. The molecule has 0 fully saturated rings. The standard InChI is InChI=1S/C24H18OSi2/c25-27-22-15-7-4-12-19(22)26(18-10-2-1-3-11-18,20-13-5-8-16-23(20)27)21-14-6-9-17-24(21)27/h1-17,25H. The lowest BCUT2D eigenvalue weighted by Crippen LogP contribution is -2.98. The van der Waals surface area contributed by atoms with Crippen molar-refractivity contribution in [2.24, 2.45) is 0 Å². The lowest BCUT2D eigenvalue weighted by atomic mass is 10.3. The molecular weight excluding hydrogens is 360 g/mol. The predicted octanol–water partition coefficient (Wildman–Crippen LogP) is -0.350. The first-order valence-electron chi connectivity index (χ1n) is 9.37. The maximum atomic E-state index is 12.3. The number of rotatable bonds is 1. The lowest BCUT2D eigenvalue weighted by Gasteiger charge is -2.52. The van der Waals surface area contributed by atoms with Gasteiger partial charge in [0, 0.05) is 0 Å². The molecule has 0 atom stereocenters. The summed E-state index contributed by atoms with van der Waals surface area (Å²) in [6, 6.07) is 37.0. The Balaban J connectivity index is 1.91. The first kappa shape index (κ1) is 15.3. The Morgan fingerprint density at radius 1 is 0.407 bits per heavy atom. The van der Waals surface area contributed by atoms with Crippen molar-refractivity contribution in [2.75, 3.05) is 0 Å². The Morgan fingerprint density at radius 2 is 0.741 bits per heavy atom. The van der Waals surface area contributed by atoms with Gasteiger partial charge in [-0.25, -0.2) is 0 Å². The molecule has 3 aliphatic heterocycles. The summed E-state index contributed by atoms with van der Waals surface area (Å²) in [5.41, 5.74) is 0. The normalized spacial score (nSPS) is 24.0. The maximum Gasteiger partial charge on any atom is 0.285 e. The van der Waals surface area contributed by atoms with Crippen molar-refractivity contribution in [2.45, 2.75) is 0 Å². The fourth-order valence-electron chi connectivity index (χ4n) is 5.40. The van der Waals surface area contributed by atoms with E-state index in [1.54, 1.807) is 0 Å². The van der Waals surface area contributed by atoms with E-state index in [4.69, 9.17) is 0 Å². The second-order valence-corrected chi connectivity index (χ2v) is 14.2. The highest BCUT2D eigenvalue weighted by Crippen LogP contribution is 2.19. The highest BCUT2D eigenvalue weighted by Gasteiger charge is 2.61. The fourth-order valence-corrected chi connectivity index (χ4v) is 17.0. The minimum absolute atomic E-state index is 1.19. The largest absolute Gasteiger partial charge is 0.421 e. The van der Waals surface area contributed by atoms with Crippen molar-refractivity contribution in [3.05, 3.63) is 103 Å². The van der Waals surface area contributed by atoms with Crippen molar-refractivity contribution in [3.8, 4) is 0 Å². The van der Waals surface area contributed by atoms with Crippen LogP contribution in [-0.2, 0) is 0 Å². The van der Waals surface area contributed by atoms with Gasteiger partial charge in [0.1, 0.15) is 0 Å². The van der Waals surface area contributed by atoms with Crippen LogP contribution < -0.4 is 36.3 Å². The van der Waals surface area contributed by atoms with Crippen LogP contribution in [0, 0.1) is 0 Å². The van der Waals surface area contributed by atoms with E-state index in [1.165, 1.54) is 36.3 Å². The van der Waals surface area contributed by atoms with Gasteiger partial charge in [-0.2, -0.15) is 0 Å². The van der Waals surface area contributed by atoms with Crippen LogP contribution in [0.15, 0.2) is 103 Å². The molecule has 3 heteroatoms. The zero-order valence-corrected chi connectivity index (χ0v) is 16.8. The molecule has 0 amide bonds. The van der Waals surface area contributed by atoms with Gasteiger partial charge < -0.3 is 4.80 Å². The highest BCUT2D eigenvalue weighted by atomic mass is 28.4. The fraction of sp³-hybridized carbons (Fsp3) is 0. The van der Waals surface area contributed by atoms with Crippen LogP contribution in [-0.4, -0.2) is 21.2 Å². The zero-order valence-electron chi connectivity index (χ0n) is 14.8. The average molecular weight is 379 g/mol. The summed E-state index contributed by atoms with van der Waals surface area (Å²) >= 11 is 0. The molecule has 2 bridgehead atoms. The van der Waals surface area contributed by atoms with Crippen LogP contribution in [0.5, 0.6) is 0 Å². The van der Waals surface area contributed by atoms with E-state index in [0.717, 1.165) is 0 Å². The van der Waals surface area contributed by atoms with E-state index >= 15 is 0 Å². The Morgan fingerprint density at radius 3 is 1.15 bits per heavy atom. The van der Waals surface area contributed by atoms with Gasteiger partial charge in [0.25, 0.3) is 8.32 Å². The summed E-state index contributed by atoms with van der Waals surface area (Å²) in [5.74, 6) is 0. The van der Waals surface area contributed by atoms with Gasteiger partial charge in [-0.1, -0.05) is 103 Å². The quantitative estimate of drug-likeness (QED) is 0.449. The van der Waals surface area contributed by atoms with E-state index in [0.29, 0.717) is 0 Å². The molecule has 3 aliphatic rings. The second kappa shape index (κ2) is 5.17. The molecule has 3 heterocycles. The molecule has 7 rings (SSSR count). The molecular formula is C24H18OSi2. The minimum atomic E-state index is -2.95. The lowest BCUT2D eigenvalue weighted by molar-refractivity contribution is 0.583. The summed E-state index contributed by atoms with van der Waals surface area (Å²) < 4.78 is 0. The van der Waals surface area contributed by atoms with Crippen LogP contribution in [0.3, 0.4) is 0 Å². The van der Waals surface area contributed by atoms with Crippen molar-refractivity contribution >= 4 is 52.7 Å². The Hall–Kier alpha value is -2.73. The van der Waals surface area contributed by atoms with Gasteiger partial charge in [-0.05, 0) is 36.3 Å².